The van der Waals surface area contributed by atoms with Crippen LogP contribution in [0, 0.1) is 0 Å². The number of nitrogens with zero attached hydrogens (tertiary/aromatic N) is 3. The second-order valence-corrected chi connectivity index (χ2v) is 3.49. The van der Waals surface area contributed by atoms with Crippen molar-refractivity contribution in [2.24, 2.45) is 0 Å². The minimum absolute atomic E-state index is 0.201. The summed E-state index contributed by atoms with van der Waals surface area (Å²) in [5, 5.41) is 8.07. The fraction of sp³-hybridized carbons (Fsp3) is 0.143. The number of carbonyl (C=O) groups is 1. The van der Waals surface area contributed by atoms with Gasteiger partial charge in [-0.2, -0.15) is 4.98 Å². The van der Waals surface area contributed by atoms with Gasteiger partial charge in [0.25, 0.3) is 5.91 Å². The van der Waals surface area contributed by atoms with E-state index >= 15 is 0 Å². The zero-order chi connectivity index (χ0) is 10.7. The molecule has 0 unspecified atom stereocenters. The Bertz CT molecular complexity index is 452. The smallest absolute Gasteiger partial charge is 0.271 e. The van der Waals surface area contributed by atoms with E-state index in [0.29, 0.717) is 16.6 Å². The summed E-state index contributed by atoms with van der Waals surface area (Å²) in [5.41, 5.74) is 5.69. The lowest BCUT2D eigenvalue weighted by Gasteiger charge is -1.97. The minimum atomic E-state index is -0.312. The molecule has 0 aliphatic rings. The van der Waals surface area contributed by atoms with Crippen LogP contribution in [0.25, 0.3) is 0 Å². The minimum Gasteiger partial charge on any atom is -0.375 e. The molecule has 7 nitrogen and oxygen atoms in total. The number of anilines is 1. The Morgan fingerprint density at radius 2 is 2.53 bits per heavy atom. The molecule has 0 aliphatic heterocycles. The van der Waals surface area contributed by atoms with Crippen molar-refractivity contribution in [3.63, 3.8) is 0 Å². The Kier molecular flexibility index (Phi) is 2.59. The van der Waals surface area contributed by atoms with Crippen LogP contribution in [0.5, 0.6) is 0 Å². The van der Waals surface area contributed by atoms with Gasteiger partial charge < -0.3 is 15.6 Å². The quantitative estimate of drug-likeness (QED) is 0.763. The van der Waals surface area contributed by atoms with Crippen LogP contribution in [0.1, 0.15) is 16.3 Å². The molecular formula is C7H7N5O2S. The third kappa shape index (κ3) is 2.29. The Hall–Kier alpha value is -1.96. The zero-order valence-corrected chi connectivity index (χ0v) is 8.32. The van der Waals surface area contributed by atoms with E-state index in [0.717, 1.165) is 0 Å². The Morgan fingerprint density at radius 3 is 3.13 bits per heavy atom. The molecule has 78 valence electrons. The van der Waals surface area contributed by atoms with E-state index in [1.807, 2.05) is 0 Å². The van der Waals surface area contributed by atoms with E-state index < -0.39 is 0 Å². The maximum Gasteiger partial charge on any atom is 0.271 e. The fourth-order valence-electron chi connectivity index (χ4n) is 0.912. The first kappa shape index (κ1) is 9.59. The monoisotopic (exact) mass is 225 g/mol. The number of rotatable bonds is 3. The second kappa shape index (κ2) is 4.05. The molecule has 0 aliphatic carbocycles. The molecule has 8 heteroatoms. The summed E-state index contributed by atoms with van der Waals surface area (Å²) in [5.74, 6) is 0.0966. The van der Waals surface area contributed by atoms with E-state index in [1.54, 1.807) is 5.38 Å². The number of nitrogen functional groups attached to an aromatic ring is 1. The molecule has 15 heavy (non-hydrogen) atoms. The van der Waals surface area contributed by atoms with Crippen molar-refractivity contribution in [2.45, 2.75) is 6.54 Å². The third-order valence-corrected chi connectivity index (χ3v) is 2.24. The van der Waals surface area contributed by atoms with Gasteiger partial charge >= 0.3 is 0 Å². The normalized spacial score (nSPS) is 10.1. The van der Waals surface area contributed by atoms with Crippen LogP contribution in [0.3, 0.4) is 0 Å². The standard InChI is InChI=1S/C7H7N5O2S/c8-7-11-4(2-15-7)6(13)9-1-5-10-3-14-12-5/h2-3H,1H2,(H2,8,11)(H,9,13). The Labute approximate surface area is 88.3 Å². The van der Waals surface area contributed by atoms with Gasteiger partial charge in [0.1, 0.15) is 5.69 Å². The van der Waals surface area contributed by atoms with Crippen molar-refractivity contribution in [3.8, 4) is 0 Å². The molecule has 2 heterocycles. The summed E-state index contributed by atoms with van der Waals surface area (Å²) in [4.78, 5) is 19.0. The lowest BCUT2D eigenvalue weighted by atomic mass is 10.4. The average Bonchev–Trinajstić information content (AvgIpc) is 2.84. The maximum atomic E-state index is 11.4. The van der Waals surface area contributed by atoms with Crippen LogP contribution < -0.4 is 11.1 Å². The topological polar surface area (TPSA) is 107 Å². The molecule has 0 atom stereocenters. The molecule has 1 amide bonds. The molecule has 0 saturated heterocycles. The molecule has 2 aromatic heterocycles. The number of nitrogens with one attached hydrogen (secondary N) is 1. The van der Waals surface area contributed by atoms with E-state index in [9.17, 15) is 4.79 Å². The highest BCUT2D eigenvalue weighted by Gasteiger charge is 2.09. The van der Waals surface area contributed by atoms with Gasteiger partial charge in [-0.05, 0) is 0 Å². The SMILES string of the molecule is Nc1nc(C(=O)NCc2ncon2)cs1. The predicted octanol–water partition coefficient (Wildman–Crippen LogP) is 0.0383. The lowest BCUT2D eigenvalue weighted by Crippen LogP contribution is -2.23. The number of aromatic nitrogens is 3. The molecule has 0 radical (unpaired) electrons. The summed E-state index contributed by atoms with van der Waals surface area (Å²) in [6.07, 6.45) is 1.20. The van der Waals surface area contributed by atoms with Crippen molar-refractivity contribution in [1.82, 2.24) is 20.4 Å². The van der Waals surface area contributed by atoms with Gasteiger partial charge in [-0.3, -0.25) is 4.79 Å². The van der Waals surface area contributed by atoms with Crippen molar-refractivity contribution in [2.75, 3.05) is 5.73 Å². The van der Waals surface area contributed by atoms with Crippen LogP contribution in [-0.4, -0.2) is 21.0 Å². The van der Waals surface area contributed by atoms with Gasteiger partial charge in [0.2, 0.25) is 6.39 Å². The Balaban J connectivity index is 1.93. The summed E-state index contributed by atoms with van der Waals surface area (Å²) in [7, 11) is 0. The summed E-state index contributed by atoms with van der Waals surface area (Å²) >= 11 is 1.21. The molecule has 2 rings (SSSR count). The van der Waals surface area contributed by atoms with Crippen LogP contribution in [0.15, 0.2) is 16.3 Å². The summed E-state index contributed by atoms with van der Waals surface area (Å²) in [6, 6.07) is 0. The zero-order valence-electron chi connectivity index (χ0n) is 7.51. The highest BCUT2D eigenvalue weighted by atomic mass is 32.1. The molecule has 0 fully saturated rings. The number of nitrogens with two attached hydrogens (primary N) is 1. The molecule has 0 spiro atoms. The maximum absolute atomic E-state index is 11.4. The third-order valence-electron chi connectivity index (χ3n) is 1.57. The first-order valence-electron chi connectivity index (χ1n) is 4.00. The highest BCUT2D eigenvalue weighted by Crippen LogP contribution is 2.10. The van der Waals surface area contributed by atoms with Crippen molar-refractivity contribution in [3.05, 3.63) is 23.3 Å². The van der Waals surface area contributed by atoms with Gasteiger partial charge in [0.15, 0.2) is 11.0 Å². The van der Waals surface area contributed by atoms with Crippen molar-refractivity contribution >= 4 is 22.4 Å². The van der Waals surface area contributed by atoms with Gasteiger partial charge in [-0.25, -0.2) is 4.98 Å². The van der Waals surface area contributed by atoms with E-state index in [2.05, 4.69) is 25.0 Å². The second-order valence-electron chi connectivity index (χ2n) is 2.60. The van der Waals surface area contributed by atoms with Gasteiger partial charge in [-0.15, -0.1) is 11.3 Å². The Morgan fingerprint density at radius 1 is 1.67 bits per heavy atom. The van der Waals surface area contributed by atoms with Gasteiger partial charge in [0.05, 0.1) is 6.54 Å². The number of carbonyl (C=O) groups excluding carboxylic acids is 1. The molecule has 0 saturated carbocycles. The lowest BCUT2D eigenvalue weighted by molar-refractivity contribution is 0.0945. The number of amides is 1. The summed E-state index contributed by atoms with van der Waals surface area (Å²) in [6.45, 7) is 0.201. The molecule has 2 aromatic rings. The number of hydrogen-bond acceptors (Lipinski definition) is 7. The summed E-state index contributed by atoms with van der Waals surface area (Å²) < 4.78 is 4.51. The van der Waals surface area contributed by atoms with E-state index in [-0.39, 0.29) is 12.5 Å². The predicted molar refractivity (Wildman–Crippen MR) is 52.0 cm³/mol. The van der Waals surface area contributed by atoms with Crippen LogP contribution in [-0.2, 0) is 6.54 Å². The number of thiazole rings is 1. The molecule has 0 aromatic carbocycles. The van der Waals surface area contributed by atoms with E-state index in [1.165, 1.54) is 17.7 Å². The molecular weight excluding hydrogens is 218 g/mol. The fourth-order valence-corrected chi connectivity index (χ4v) is 1.46. The average molecular weight is 225 g/mol. The van der Waals surface area contributed by atoms with E-state index in [4.69, 9.17) is 5.73 Å². The molecule has 0 bridgehead atoms. The van der Waals surface area contributed by atoms with Crippen molar-refractivity contribution < 1.29 is 9.32 Å². The van der Waals surface area contributed by atoms with Crippen LogP contribution >= 0.6 is 11.3 Å². The van der Waals surface area contributed by atoms with Gasteiger partial charge in [0, 0.05) is 5.38 Å². The van der Waals surface area contributed by atoms with Gasteiger partial charge in [-0.1, -0.05) is 5.16 Å². The first-order chi connectivity index (χ1) is 7.25. The molecule has 3 N–H and O–H groups in total. The van der Waals surface area contributed by atoms with Crippen LogP contribution in [0.2, 0.25) is 0 Å². The largest absolute Gasteiger partial charge is 0.375 e. The van der Waals surface area contributed by atoms with Crippen molar-refractivity contribution in [1.29, 1.82) is 0 Å². The highest BCUT2D eigenvalue weighted by molar-refractivity contribution is 7.13. The van der Waals surface area contributed by atoms with Crippen LogP contribution in [0.4, 0.5) is 5.13 Å². The first-order valence-corrected chi connectivity index (χ1v) is 4.88. The number of hydrogen-bond donors (Lipinski definition) is 2.